The molecule has 32 heavy (non-hydrogen) atoms. The summed E-state index contributed by atoms with van der Waals surface area (Å²) >= 11 is 0. The third-order valence-corrected chi connectivity index (χ3v) is 5.67. The Balaban J connectivity index is 1.30. The second-order valence-corrected chi connectivity index (χ2v) is 9.30. The van der Waals surface area contributed by atoms with Gasteiger partial charge in [-0.1, -0.05) is 36.4 Å². The Morgan fingerprint density at radius 2 is 1.53 bits per heavy atom. The highest BCUT2D eigenvalue weighted by Gasteiger charge is 2.28. The molecule has 0 spiro atoms. The zero-order valence-electron chi connectivity index (χ0n) is 19.0. The number of anilines is 1. The number of carbonyl (C=O) groups excluding carboxylic acids is 2. The van der Waals surface area contributed by atoms with Crippen molar-refractivity contribution in [1.29, 1.82) is 0 Å². The maximum absolute atomic E-state index is 12.5. The molecule has 0 aromatic heterocycles. The van der Waals surface area contributed by atoms with E-state index in [1.807, 2.05) is 51.1 Å². The molecule has 0 radical (unpaired) electrons. The fraction of sp³-hybridized carbons (Fsp3) is 0.440. The van der Waals surface area contributed by atoms with E-state index in [-0.39, 0.29) is 18.8 Å². The third kappa shape index (κ3) is 5.33. The summed E-state index contributed by atoms with van der Waals surface area (Å²) in [6, 6.07) is 16.0. The minimum atomic E-state index is -0.484. The molecular formula is C25H31N3O4. The number of nitrogens with zero attached hydrogens (tertiary/aromatic N) is 3. The summed E-state index contributed by atoms with van der Waals surface area (Å²) in [6.07, 6.45) is -0.548. The van der Waals surface area contributed by atoms with Gasteiger partial charge in [0.05, 0.1) is 0 Å². The van der Waals surface area contributed by atoms with Gasteiger partial charge in [-0.25, -0.2) is 9.59 Å². The van der Waals surface area contributed by atoms with Gasteiger partial charge in [0.25, 0.3) is 0 Å². The van der Waals surface area contributed by atoms with Crippen molar-refractivity contribution in [1.82, 2.24) is 9.80 Å². The molecule has 170 valence electrons. The van der Waals surface area contributed by atoms with Crippen LogP contribution in [0, 0.1) is 0 Å². The van der Waals surface area contributed by atoms with Crippen LogP contribution in [0.4, 0.5) is 15.3 Å². The Hall–Kier alpha value is -3.22. The van der Waals surface area contributed by atoms with Crippen LogP contribution in [0.5, 0.6) is 0 Å². The molecular weight excluding hydrogens is 406 g/mol. The molecule has 7 heteroatoms. The van der Waals surface area contributed by atoms with Crippen LogP contribution >= 0.6 is 0 Å². The number of fused-ring (bicyclic) bond motifs is 1. The molecule has 0 N–H and O–H groups in total. The summed E-state index contributed by atoms with van der Waals surface area (Å²) < 4.78 is 11.0. The highest BCUT2D eigenvalue weighted by Crippen LogP contribution is 2.28. The number of benzene rings is 2. The van der Waals surface area contributed by atoms with Gasteiger partial charge < -0.3 is 19.3 Å². The molecule has 1 fully saturated rings. The van der Waals surface area contributed by atoms with E-state index in [1.165, 1.54) is 0 Å². The molecule has 0 saturated carbocycles. The van der Waals surface area contributed by atoms with Crippen molar-refractivity contribution < 1.29 is 19.1 Å². The zero-order chi connectivity index (χ0) is 22.7. The summed E-state index contributed by atoms with van der Waals surface area (Å²) in [7, 11) is 0. The van der Waals surface area contributed by atoms with Gasteiger partial charge in [0.15, 0.2) is 0 Å². The Labute approximate surface area is 189 Å². The number of amides is 2. The highest BCUT2D eigenvalue weighted by molar-refractivity contribution is 5.70. The quantitative estimate of drug-likeness (QED) is 0.712. The van der Waals surface area contributed by atoms with Crippen molar-refractivity contribution in [2.24, 2.45) is 0 Å². The average molecular weight is 438 g/mol. The maximum atomic E-state index is 12.5. The van der Waals surface area contributed by atoms with Gasteiger partial charge >= 0.3 is 12.2 Å². The molecule has 2 amide bonds. The van der Waals surface area contributed by atoms with E-state index in [4.69, 9.17) is 9.47 Å². The van der Waals surface area contributed by atoms with Crippen LogP contribution in [0.15, 0.2) is 48.5 Å². The van der Waals surface area contributed by atoms with E-state index in [9.17, 15) is 9.59 Å². The first-order chi connectivity index (χ1) is 15.3. The van der Waals surface area contributed by atoms with Gasteiger partial charge in [-0.05, 0) is 49.6 Å². The highest BCUT2D eigenvalue weighted by atomic mass is 16.6. The molecule has 7 nitrogen and oxygen atoms in total. The molecule has 2 heterocycles. The van der Waals surface area contributed by atoms with Crippen molar-refractivity contribution in [2.45, 2.75) is 46.1 Å². The lowest BCUT2D eigenvalue weighted by Gasteiger charge is -2.36. The SMILES string of the molecule is CC(C)(C)OC(=O)N1CCN(c2ccc3c(c2)CN(C(=O)OCc2ccccc2)C3)CC1. The van der Waals surface area contributed by atoms with Crippen LogP contribution in [0.2, 0.25) is 0 Å². The normalized spacial score (nSPS) is 16.0. The maximum Gasteiger partial charge on any atom is 0.410 e. The predicted octanol–water partition coefficient (Wildman–Crippen LogP) is 4.40. The first kappa shape index (κ1) is 22.0. The fourth-order valence-corrected chi connectivity index (χ4v) is 3.99. The Kier molecular flexibility index (Phi) is 6.26. The van der Waals surface area contributed by atoms with E-state index in [2.05, 4.69) is 23.1 Å². The second kappa shape index (κ2) is 9.10. The minimum absolute atomic E-state index is 0.254. The molecule has 2 aliphatic heterocycles. The number of carbonyl (C=O) groups is 2. The van der Waals surface area contributed by atoms with Gasteiger partial charge in [0, 0.05) is 45.0 Å². The van der Waals surface area contributed by atoms with Crippen LogP contribution in [0.3, 0.4) is 0 Å². The number of rotatable bonds is 3. The number of ether oxygens (including phenoxy) is 2. The standard InChI is InChI=1S/C25H31N3O4/c1-25(2,3)32-24(30)27-13-11-26(12-14-27)22-10-9-20-16-28(17-21(20)15-22)23(29)31-18-19-7-5-4-6-8-19/h4-10,15H,11-14,16-18H2,1-3H3. The molecule has 2 aromatic rings. The Bertz CT molecular complexity index is 963. The lowest BCUT2D eigenvalue weighted by atomic mass is 10.1. The van der Waals surface area contributed by atoms with Crippen LogP contribution < -0.4 is 4.90 Å². The van der Waals surface area contributed by atoms with Crippen LogP contribution in [-0.2, 0) is 29.2 Å². The number of hydrogen-bond donors (Lipinski definition) is 0. The van der Waals surface area contributed by atoms with Crippen molar-refractivity contribution in [3.05, 3.63) is 65.2 Å². The minimum Gasteiger partial charge on any atom is -0.445 e. The lowest BCUT2D eigenvalue weighted by molar-refractivity contribution is 0.0240. The van der Waals surface area contributed by atoms with E-state index in [0.717, 1.165) is 35.5 Å². The van der Waals surface area contributed by atoms with Crippen molar-refractivity contribution >= 4 is 17.9 Å². The molecule has 2 aromatic carbocycles. The van der Waals surface area contributed by atoms with Gasteiger partial charge in [-0.3, -0.25) is 4.90 Å². The Morgan fingerprint density at radius 1 is 0.844 bits per heavy atom. The van der Waals surface area contributed by atoms with Crippen molar-refractivity contribution in [3.63, 3.8) is 0 Å². The van der Waals surface area contributed by atoms with E-state index in [1.54, 1.807) is 9.80 Å². The first-order valence-corrected chi connectivity index (χ1v) is 11.1. The van der Waals surface area contributed by atoms with Gasteiger partial charge in [0.1, 0.15) is 12.2 Å². The predicted molar refractivity (Wildman–Crippen MR) is 122 cm³/mol. The monoisotopic (exact) mass is 437 g/mol. The largest absolute Gasteiger partial charge is 0.445 e. The van der Waals surface area contributed by atoms with E-state index in [0.29, 0.717) is 26.2 Å². The Morgan fingerprint density at radius 3 is 2.22 bits per heavy atom. The summed E-state index contributed by atoms with van der Waals surface area (Å²) in [5, 5.41) is 0. The van der Waals surface area contributed by atoms with Gasteiger partial charge in [0.2, 0.25) is 0 Å². The topological polar surface area (TPSA) is 62.3 Å². The van der Waals surface area contributed by atoms with Crippen LogP contribution in [0.25, 0.3) is 0 Å². The zero-order valence-corrected chi connectivity index (χ0v) is 19.0. The lowest BCUT2D eigenvalue weighted by Crippen LogP contribution is -2.50. The van der Waals surface area contributed by atoms with Crippen molar-refractivity contribution in [2.75, 3.05) is 31.1 Å². The van der Waals surface area contributed by atoms with E-state index < -0.39 is 5.60 Å². The summed E-state index contributed by atoms with van der Waals surface area (Å²) in [5.41, 5.74) is 3.91. The molecule has 4 rings (SSSR count). The first-order valence-electron chi connectivity index (χ1n) is 11.1. The summed E-state index contributed by atoms with van der Waals surface area (Å²) in [6.45, 7) is 9.80. The van der Waals surface area contributed by atoms with Gasteiger partial charge in [-0.2, -0.15) is 0 Å². The molecule has 2 aliphatic rings. The number of hydrogen-bond acceptors (Lipinski definition) is 5. The van der Waals surface area contributed by atoms with Crippen molar-refractivity contribution in [3.8, 4) is 0 Å². The average Bonchev–Trinajstić information content (AvgIpc) is 3.21. The van der Waals surface area contributed by atoms with E-state index >= 15 is 0 Å². The summed E-state index contributed by atoms with van der Waals surface area (Å²) in [5.74, 6) is 0. The van der Waals surface area contributed by atoms with Crippen LogP contribution in [0.1, 0.15) is 37.5 Å². The molecule has 0 aliphatic carbocycles. The molecule has 0 unspecified atom stereocenters. The summed E-state index contributed by atoms with van der Waals surface area (Å²) in [4.78, 5) is 30.6. The smallest absolute Gasteiger partial charge is 0.410 e. The molecule has 0 atom stereocenters. The fourth-order valence-electron chi connectivity index (χ4n) is 3.99. The van der Waals surface area contributed by atoms with Crippen LogP contribution in [-0.4, -0.2) is 53.8 Å². The number of piperazine rings is 1. The molecule has 0 bridgehead atoms. The molecule has 1 saturated heterocycles. The second-order valence-electron chi connectivity index (χ2n) is 9.30. The van der Waals surface area contributed by atoms with Gasteiger partial charge in [-0.15, -0.1) is 0 Å². The third-order valence-electron chi connectivity index (χ3n) is 5.67.